The van der Waals surface area contributed by atoms with Crippen molar-refractivity contribution in [3.63, 3.8) is 0 Å². The molecule has 0 spiro atoms. The molecule has 0 unspecified atom stereocenters. The highest BCUT2D eigenvalue weighted by molar-refractivity contribution is 7.18. The smallest absolute Gasteiger partial charge is 0.251 e. The topological polar surface area (TPSA) is 86.2 Å². The molecule has 0 fully saturated rings. The van der Waals surface area contributed by atoms with E-state index in [1.165, 1.54) is 0 Å². The molecule has 1 amide bonds. The van der Waals surface area contributed by atoms with E-state index in [9.17, 15) is 9.59 Å². The summed E-state index contributed by atoms with van der Waals surface area (Å²) in [4.78, 5) is 24.3. The third-order valence-electron chi connectivity index (χ3n) is 3.45. The van der Waals surface area contributed by atoms with Gasteiger partial charge >= 0.3 is 0 Å². The zero-order chi connectivity index (χ0) is 13.5. The lowest BCUT2D eigenvalue weighted by Gasteiger charge is -2.30. The Bertz CT molecular complexity index is 583. The molecule has 0 radical (unpaired) electrons. The summed E-state index contributed by atoms with van der Waals surface area (Å²) in [5, 5.41) is 0.325. The van der Waals surface area contributed by atoms with Crippen molar-refractivity contribution in [3.05, 3.63) is 16.0 Å². The first-order valence-corrected chi connectivity index (χ1v) is 6.41. The normalized spacial score (nSPS) is 22.3. The number of amides is 1. The number of primary amides is 1. The Balaban J connectivity index is 2.54. The van der Waals surface area contributed by atoms with Crippen LogP contribution in [-0.4, -0.2) is 11.7 Å². The molecule has 4 N–H and O–H groups in total. The summed E-state index contributed by atoms with van der Waals surface area (Å²) in [6.07, 6.45) is 6.95. The second-order valence-electron chi connectivity index (χ2n) is 4.78. The van der Waals surface area contributed by atoms with E-state index in [0.717, 1.165) is 11.3 Å². The monoisotopic (exact) mass is 262 g/mol. The van der Waals surface area contributed by atoms with Gasteiger partial charge in [-0.15, -0.1) is 23.7 Å². The van der Waals surface area contributed by atoms with Crippen molar-refractivity contribution in [1.82, 2.24) is 0 Å². The van der Waals surface area contributed by atoms with E-state index < -0.39 is 11.3 Å². The second-order valence-corrected chi connectivity index (χ2v) is 5.84. The molecule has 0 saturated carbocycles. The molecule has 0 aliphatic heterocycles. The molecule has 1 aliphatic rings. The summed E-state index contributed by atoms with van der Waals surface area (Å²) in [7, 11) is 0. The maximum Gasteiger partial charge on any atom is 0.251 e. The van der Waals surface area contributed by atoms with E-state index in [1.807, 2.05) is 6.92 Å². The predicted molar refractivity (Wildman–Crippen MR) is 71.5 cm³/mol. The van der Waals surface area contributed by atoms with Gasteiger partial charge < -0.3 is 11.5 Å². The van der Waals surface area contributed by atoms with Crippen molar-refractivity contribution in [3.8, 4) is 12.3 Å². The van der Waals surface area contributed by atoms with Crippen LogP contribution >= 0.6 is 11.3 Å². The van der Waals surface area contributed by atoms with E-state index in [0.29, 0.717) is 40.3 Å². The standard InChI is InChI=1S/C13H14N2O2S/c1-3-5-13(2)6-4-7-8(11(14)17)12(15)18-9(7)10(13)16/h1H,4-6,15H2,2H3,(H2,14,17)/t13-/m0/s1. The number of ketones is 1. The zero-order valence-corrected chi connectivity index (χ0v) is 10.9. The third-order valence-corrected chi connectivity index (χ3v) is 4.51. The molecule has 1 atom stereocenters. The van der Waals surface area contributed by atoms with E-state index in [1.54, 1.807) is 0 Å². The molecule has 0 bridgehead atoms. The molecule has 1 aromatic heterocycles. The van der Waals surface area contributed by atoms with Crippen LogP contribution in [-0.2, 0) is 6.42 Å². The maximum absolute atomic E-state index is 12.4. The van der Waals surface area contributed by atoms with Gasteiger partial charge in [0, 0.05) is 11.8 Å². The number of hydrogen-bond donors (Lipinski definition) is 2. The third kappa shape index (κ3) is 1.70. The minimum atomic E-state index is -0.571. The van der Waals surface area contributed by atoms with Crippen molar-refractivity contribution in [2.75, 3.05) is 5.73 Å². The Labute approximate surface area is 109 Å². The largest absolute Gasteiger partial charge is 0.390 e. The number of nitrogens with two attached hydrogens (primary N) is 2. The molecule has 1 heterocycles. The molecule has 1 aromatic rings. The number of thiophene rings is 1. The highest BCUT2D eigenvalue weighted by Gasteiger charge is 2.41. The lowest BCUT2D eigenvalue weighted by Crippen LogP contribution is -2.32. The van der Waals surface area contributed by atoms with Gasteiger partial charge in [-0.3, -0.25) is 9.59 Å². The van der Waals surface area contributed by atoms with Crippen molar-refractivity contribution >= 4 is 28.0 Å². The number of rotatable bonds is 2. The van der Waals surface area contributed by atoms with E-state index in [2.05, 4.69) is 5.92 Å². The summed E-state index contributed by atoms with van der Waals surface area (Å²) in [5.74, 6) is 1.95. The number of carbonyl (C=O) groups excluding carboxylic acids is 2. The van der Waals surface area contributed by atoms with Crippen LogP contribution in [0, 0.1) is 17.8 Å². The minimum absolute atomic E-state index is 0.0223. The number of Topliss-reactive ketones (excluding diaryl/α,β-unsaturated/α-hetero) is 1. The summed E-state index contributed by atoms with van der Waals surface area (Å²) >= 11 is 1.14. The van der Waals surface area contributed by atoms with Gasteiger partial charge in [-0.05, 0) is 18.4 Å². The van der Waals surface area contributed by atoms with Crippen LogP contribution in [0.1, 0.15) is 45.4 Å². The average Bonchev–Trinajstić information content (AvgIpc) is 2.62. The Morgan fingerprint density at radius 2 is 2.28 bits per heavy atom. The van der Waals surface area contributed by atoms with Crippen LogP contribution in [0.2, 0.25) is 0 Å². The SMILES string of the molecule is C#CC[C@@]1(C)CCc2c(sc(N)c2C(N)=O)C1=O. The first-order valence-electron chi connectivity index (χ1n) is 5.60. The number of nitrogen functional groups attached to an aromatic ring is 1. The quantitative estimate of drug-likeness (QED) is 0.793. The summed E-state index contributed by atoms with van der Waals surface area (Å²) < 4.78 is 0. The molecule has 1 aliphatic carbocycles. The Kier molecular flexibility index (Phi) is 2.91. The fourth-order valence-electron chi connectivity index (χ4n) is 2.36. The van der Waals surface area contributed by atoms with Crippen molar-refractivity contribution in [2.24, 2.45) is 11.1 Å². The van der Waals surface area contributed by atoms with Gasteiger partial charge in [0.15, 0.2) is 5.78 Å². The van der Waals surface area contributed by atoms with Crippen LogP contribution < -0.4 is 11.5 Å². The van der Waals surface area contributed by atoms with Crippen LogP contribution in [0.4, 0.5) is 5.00 Å². The van der Waals surface area contributed by atoms with Gasteiger partial charge in [0.2, 0.25) is 0 Å². The van der Waals surface area contributed by atoms with E-state index >= 15 is 0 Å². The molecular weight excluding hydrogens is 248 g/mol. The second kappa shape index (κ2) is 4.14. The van der Waals surface area contributed by atoms with Gasteiger partial charge in [0.25, 0.3) is 5.91 Å². The van der Waals surface area contributed by atoms with Crippen LogP contribution in [0.3, 0.4) is 0 Å². The predicted octanol–water partition coefficient (Wildman–Crippen LogP) is 1.59. The van der Waals surface area contributed by atoms with Gasteiger partial charge in [-0.25, -0.2) is 0 Å². The molecule has 0 saturated heterocycles. The Hall–Kier alpha value is -1.80. The summed E-state index contributed by atoms with van der Waals surface area (Å²) in [6, 6.07) is 0. The lowest BCUT2D eigenvalue weighted by molar-refractivity contribution is 0.0797. The lowest BCUT2D eigenvalue weighted by atomic mass is 9.72. The fraction of sp³-hybridized carbons (Fsp3) is 0.385. The molecule has 0 aromatic carbocycles. The van der Waals surface area contributed by atoms with E-state index in [-0.39, 0.29) is 5.78 Å². The molecule has 4 nitrogen and oxygen atoms in total. The Morgan fingerprint density at radius 3 is 2.83 bits per heavy atom. The van der Waals surface area contributed by atoms with Crippen molar-refractivity contribution in [1.29, 1.82) is 0 Å². The van der Waals surface area contributed by atoms with Crippen molar-refractivity contribution < 1.29 is 9.59 Å². The number of carbonyl (C=O) groups is 2. The molecule has 94 valence electrons. The van der Waals surface area contributed by atoms with Crippen molar-refractivity contribution in [2.45, 2.75) is 26.2 Å². The highest BCUT2D eigenvalue weighted by Crippen LogP contribution is 2.44. The summed E-state index contributed by atoms with van der Waals surface area (Å²) in [6.45, 7) is 1.86. The van der Waals surface area contributed by atoms with Crippen LogP contribution in [0.15, 0.2) is 0 Å². The van der Waals surface area contributed by atoms with Crippen LogP contribution in [0.25, 0.3) is 0 Å². The van der Waals surface area contributed by atoms with Gasteiger partial charge in [0.05, 0.1) is 15.4 Å². The zero-order valence-electron chi connectivity index (χ0n) is 10.1. The maximum atomic E-state index is 12.4. The first-order chi connectivity index (χ1) is 8.40. The molecule has 5 heteroatoms. The fourth-order valence-corrected chi connectivity index (χ4v) is 3.57. The van der Waals surface area contributed by atoms with Crippen LogP contribution in [0.5, 0.6) is 0 Å². The number of fused-ring (bicyclic) bond motifs is 1. The first kappa shape index (κ1) is 12.7. The highest BCUT2D eigenvalue weighted by atomic mass is 32.1. The van der Waals surface area contributed by atoms with Gasteiger partial charge in [0.1, 0.15) is 0 Å². The summed E-state index contributed by atoms with van der Waals surface area (Å²) in [5.41, 5.74) is 11.5. The molecular formula is C13H14N2O2S. The van der Waals surface area contributed by atoms with E-state index in [4.69, 9.17) is 17.9 Å². The van der Waals surface area contributed by atoms with Gasteiger partial charge in [-0.1, -0.05) is 6.92 Å². The average molecular weight is 262 g/mol. The Morgan fingerprint density at radius 1 is 1.61 bits per heavy atom. The number of anilines is 1. The van der Waals surface area contributed by atoms with Gasteiger partial charge in [-0.2, -0.15) is 0 Å². The molecule has 18 heavy (non-hydrogen) atoms. The molecule has 2 rings (SSSR count). The minimum Gasteiger partial charge on any atom is -0.390 e. The number of hydrogen-bond acceptors (Lipinski definition) is 4. The number of terminal acetylenes is 1.